The topological polar surface area (TPSA) is 9.23 Å². The van der Waals surface area contributed by atoms with Gasteiger partial charge in [-0.1, -0.05) is 29.5 Å². The Bertz CT molecular complexity index is 117. The number of rotatable bonds is 3. The van der Waals surface area contributed by atoms with Gasteiger partial charge >= 0.3 is 0 Å². The first-order valence-corrected chi connectivity index (χ1v) is 6.24. The van der Waals surface area contributed by atoms with Crippen molar-refractivity contribution in [3.05, 3.63) is 0 Å². The van der Waals surface area contributed by atoms with Crippen LogP contribution in [0.1, 0.15) is 39.5 Å². The van der Waals surface area contributed by atoms with Crippen molar-refractivity contribution < 1.29 is 4.74 Å². The Balaban J connectivity index is 2.20. The maximum Gasteiger partial charge on any atom is 0.0575 e. The molecule has 2 heteroatoms. The molecule has 0 spiro atoms. The number of hydrogen-bond acceptors (Lipinski definition) is 1. The second-order valence-electron chi connectivity index (χ2n) is 3.67. The number of halogens is 1. The summed E-state index contributed by atoms with van der Waals surface area (Å²) in [5, 5.41) is 0. The predicted octanol–water partition coefficient (Wildman–Crippen LogP) is 3.41. The van der Waals surface area contributed by atoms with Crippen LogP contribution >= 0.6 is 22.6 Å². The Labute approximate surface area is 89.4 Å². The molecule has 0 aromatic carbocycles. The summed E-state index contributed by atoms with van der Waals surface area (Å²) in [5.41, 5.74) is 0. The van der Waals surface area contributed by atoms with Crippen molar-refractivity contribution in [3.63, 3.8) is 0 Å². The van der Waals surface area contributed by atoms with E-state index in [1.807, 2.05) is 0 Å². The number of hydrogen-bond donors (Lipinski definition) is 0. The largest absolute Gasteiger partial charge is 0.379 e. The minimum absolute atomic E-state index is 0.571. The number of ether oxygens (including phenoxy) is 1. The van der Waals surface area contributed by atoms with Gasteiger partial charge in [-0.15, -0.1) is 0 Å². The number of alkyl halides is 1. The van der Waals surface area contributed by atoms with E-state index in [4.69, 9.17) is 4.74 Å². The van der Waals surface area contributed by atoms with E-state index in [0.717, 1.165) is 16.4 Å². The Morgan fingerprint density at radius 2 is 1.92 bits per heavy atom. The molecule has 0 aliphatic heterocycles. The van der Waals surface area contributed by atoms with Crippen molar-refractivity contribution in [2.24, 2.45) is 5.92 Å². The summed E-state index contributed by atoms with van der Waals surface area (Å²) in [6, 6.07) is 0. The van der Waals surface area contributed by atoms with E-state index in [9.17, 15) is 0 Å². The van der Waals surface area contributed by atoms with Crippen LogP contribution in [0.2, 0.25) is 0 Å². The average molecular weight is 282 g/mol. The predicted molar refractivity (Wildman–Crippen MR) is 60.9 cm³/mol. The maximum absolute atomic E-state index is 5.61. The summed E-state index contributed by atoms with van der Waals surface area (Å²) >= 11 is 2.55. The molecule has 0 amide bonds. The van der Waals surface area contributed by atoms with E-state index in [2.05, 4.69) is 36.4 Å². The van der Waals surface area contributed by atoms with E-state index in [1.165, 1.54) is 25.7 Å². The second-order valence-corrected chi connectivity index (χ2v) is 5.63. The highest BCUT2D eigenvalue weighted by atomic mass is 127. The lowest BCUT2D eigenvalue weighted by Gasteiger charge is -2.29. The van der Waals surface area contributed by atoms with Gasteiger partial charge in [0, 0.05) is 10.5 Å². The van der Waals surface area contributed by atoms with Crippen LogP contribution in [0, 0.1) is 5.92 Å². The summed E-state index contributed by atoms with van der Waals surface area (Å²) in [4.78, 5) is 0. The third kappa shape index (κ3) is 3.21. The van der Waals surface area contributed by atoms with Gasteiger partial charge in [0.1, 0.15) is 0 Å². The molecule has 1 atom stereocenters. The van der Waals surface area contributed by atoms with Crippen LogP contribution < -0.4 is 0 Å². The van der Waals surface area contributed by atoms with Gasteiger partial charge in [0.2, 0.25) is 0 Å². The molecule has 0 N–H and O–H groups in total. The van der Waals surface area contributed by atoms with Crippen LogP contribution in [-0.4, -0.2) is 16.6 Å². The van der Waals surface area contributed by atoms with Crippen molar-refractivity contribution >= 4 is 22.6 Å². The average Bonchev–Trinajstić information content (AvgIpc) is 2.06. The first kappa shape index (κ1) is 10.8. The van der Waals surface area contributed by atoms with Gasteiger partial charge in [0.05, 0.1) is 6.10 Å². The van der Waals surface area contributed by atoms with Crippen molar-refractivity contribution in [3.8, 4) is 0 Å². The summed E-state index contributed by atoms with van der Waals surface area (Å²) in [6.45, 7) is 5.30. The Morgan fingerprint density at radius 1 is 1.33 bits per heavy atom. The van der Waals surface area contributed by atoms with Gasteiger partial charge in [0.25, 0.3) is 0 Å². The van der Waals surface area contributed by atoms with Gasteiger partial charge in [-0.25, -0.2) is 0 Å². The van der Waals surface area contributed by atoms with Crippen LogP contribution in [0.25, 0.3) is 0 Å². The van der Waals surface area contributed by atoms with E-state index in [0.29, 0.717) is 6.10 Å². The molecule has 0 radical (unpaired) electrons. The normalized spacial score (nSPS) is 33.2. The van der Waals surface area contributed by atoms with E-state index >= 15 is 0 Å². The lowest BCUT2D eigenvalue weighted by Crippen LogP contribution is -2.25. The third-order valence-electron chi connectivity index (χ3n) is 2.77. The molecule has 0 heterocycles. The molecular formula is C10H19IO. The molecule has 1 nitrogen and oxygen atoms in total. The van der Waals surface area contributed by atoms with Crippen LogP contribution in [0.5, 0.6) is 0 Å². The van der Waals surface area contributed by atoms with Gasteiger partial charge in [-0.3, -0.25) is 0 Å². The fourth-order valence-electron chi connectivity index (χ4n) is 1.95. The van der Waals surface area contributed by atoms with Gasteiger partial charge < -0.3 is 4.74 Å². The molecule has 0 bridgehead atoms. The molecule has 12 heavy (non-hydrogen) atoms. The van der Waals surface area contributed by atoms with Crippen molar-refractivity contribution in [1.29, 1.82) is 0 Å². The first-order chi connectivity index (χ1) is 5.74. The third-order valence-corrected chi connectivity index (χ3v) is 3.79. The van der Waals surface area contributed by atoms with Crippen LogP contribution in [-0.2, 0) is 4.74 Å². The molecule has 0 saturated heterocycles. The second kappa shape index (κ2) is 5.43. The fraction of sp³-hybridized carbons (Fsp3) is 1.00. The Hall–Kier alpha value is 0.690. The smallest absolute Gasteiger partial charge is 0.0575 e. The SMILES string of the molecule is CCOC1CCC(C(C)I)CC1. The van der Waals surface area contributed by atoms with E-state index in [1.54, 1.807) is 0 Å². The molecule has 1 unspecified atom stereocenters. The standard InChI is InChI=1S/C10H19IO/c1-3-12-10-6-4-9(5-7-10)8(2)11/h8-10H,3-7H2,1-2H3. The van der Waals surface area contributed by atoms with E-state index < -0.39 is 0 Å². The van der Waals surface area contributed by atoms with Crippen molar-refractivity contribution in [2.45, 2.75) is 49.6 Å². The maximum atomic E-state index is 5.61. The zero-order chi connectivity index (χ0) is 8.97. The molecule has 1 saturated carbocycles. The minimum atomic E-state index is 0.571. The van der Waals surface area contributed by atoms with Gasteiger partial charge in [-0.05, 0) is 38.5 Å². The zero-order valence-electron chi connectivity index (χ0n) is 8.05. The molecule has 1 fully saturated rings. The minimum Gasteiger partial charge on any atom is -0.379 e. The molecule has 72 valence electrons. The van der Waals surface area contributed by atoms with Gasteiger partial charge in [-0.2, -0.15) is 0 Å². The van der Waals surface area contributed by atoms with Crippen molar-refractivity contribution in [1.82, 2.24) is 0 Å². The monoisotopic (exact) mass is 282 g/mol. The molecule has 0 aromatic rings. The quantitative estimate of drug-likeness (QED) is 0.569. The Morgan fingerprint density at radius 3 is 2.33 bits per heavy atom. The van der Waals surface area contributed by atoms with Crippen LogP contribution in [0.3, 0.4) is 0 Å². The van der Waals surface area contributed by atoms with E-state index in [-0.39, 0.29) is 0 Å². The summed E-state index contributed by atoms with van der Waals surface area (Å²) in [5.74, 6) is 0.947. The molecule has 1 aliphatic rings. The van der Waals surface area contributed by atoms with Gasteiger partial charge in [0.15, 0.2) is 0 Å². The highest BCUT2D eigenvalue weighted by molar-refractivity contribution is 14.1. The summed E-state index contributed by atoms with van der Waals surface area (Å²) in [7, 11) is 0. The lowest BCUT2D eigenvalue weighted by molar-refractivity contribution is 0.0264. The lowest BCUT2D eigenvalue weighted by atomic mass is 9.86. The molecular weight excluding hydrogens is 263 g/mol. The molecule has 0 aromatic heterocycles. The van der Waals surface area contributed by atoms with Crippen LogP contribution in [0.4, 0.5) is 0 Å². The zero-order valence-corrected chi connectivity index (χ0v) is 10.2. The fourth-order valence-corrected chi connectivity index (χ4v) is 2.67. The summed E-state index contributed by atoms with van der Waals surface area (Å²) < 4.78 is 6.45. The highest BCUT2D eigenvalue weighted by Crippen LogP contribution is 2.31. The summed E-state index contributed by atoms with van der Waals surface area (Å²) in [6.07, 6.45) is 5.88. The first-order valence-electron chi connectivity index (χ1n) is 4.99. The highest BCUT2D eigenvalue weighted by Gasteiger charge is 2.23. The Kier molecular flexibility index (Phi) is 4.87. The van der Waals surface area contributed by atoms with Crippen molar-refractivity contribution in [2.75, 3.05) is 6.61 Å². The molecule has 1 aliphatic carbocycles. The molecule has 1 rings (SSSR count). The van der Waals surface area contributed by atoms with Crippen LogP contribution in [0.15, 0.2) is 0 Å².